The number of amides is 3. The van der Waals surface area contributed by atoms with Crippen LogP contribution in [0, 0.1) is 17.8 Å². The zero-order valence-corrected chi connectivity index (χ0v) is 17.6. The molecule has 0 unspecified atom stereocenters. The van der Waals surface area contributed by atoms with E-state index in [-0.39, 0.29) is 30.0 Å². The SMILES string of the molecule is CCOCCCNC(=O)C1CCN(C(=O)NCC#Cc2cccc(C(F)(F)F)c2)CC1. The molecule has 0 aliphatic carbocycles. The van der Waals surface area contributed by atoms with Crippen molar-refractivity contribution in [1.29, 1.82) is 0 Å². The molecule has 1 fully saturated rings. The van der Waals surface area contributed by atoms with Gasteiger partial charge in [0.1, 0.15) is 0 Å². The van der Waals surface area contributed by atoms with Gasteiger partial charge in [0.25, 0.3) is 0 Å². The molecule has 0 spiro atoms. The second-order valence-corrected chi connectivity index (χ2v) is 7.14. The van der Waals surface area contributed by atoms with Crippen LogP contribution in [0.15, 0.2) is 24.3 Å². The highest BCUT2D eigenvalue weighted by Gasteiger charge is 2.30. The molecule has 170 valence electrons. The average molecular weight is 439 g/mol. The highest BCUT2D eigenvalue weighted by Crippen LogP contribution is 2.29. The Morgan fingerprint density at radius 1 is 1.23 bits per heavy atom. The lowest BCUT2D eigenvalue weighted by atomic mass is 9.96. The van der Waals surface area contributed by atoms with E-state index in [0.29, 0.717) is 45.7 Å². The first-order chi connectivity index (χ1) is 14.8. The topological polar surface area (TPSA) is 70.7 Å². The quantitative estimate of drug-likeness (QED) is 0.507. The molecule has 0 atom stereocenters. The van der Waals surface area contributed by atoms with Crippen LogP contribution in [0.5, 0.6) is 0 Å². The molecule has 1 aromatic carbocycles. The van der Waals surface area contributed by atoms with Crippen LogP contribution >= 0.6 is 0 Å². The number of carbonyl (C=O) groups is 2. The van der Waals surface area contributed by atoms with Gasteiger partial charge in [-0.25, -0.2) is 4.79 Å². The number of nitrogens with one attached hydrogen (secondary N) is 2. The van der Waals surface area contributed by atoms with Crippen molar-refractivity contribution in [2.45, 2.75) is 32.4 Å². The third kappa shape index (κ3) is 8.50. The Balaban J connectivity index is 1.70. The molecular formula is C22H28F3N3O3. The largest absolute Gasteiger partial charge is 0.416 e. The number of carbonyl (C=O) groups excluding carboxylic acids is 2. The Hall–Kier alpha value is -2.73. The summed E-state index contributed by atoms with van der Waals surface area (Å²) < 4.78 is 43.4. The molecule has 0 saturated carbocycles. The van der Waals surface area contributed by atoms with Crippen molar-refractivity contribution < 1.29 is 27.5 Å². The van der Waals surface area contributed by atoms with Crippen molar-refractivity contribution in [2.75, 3.05) is 39.4 Å². The van der Waals surface area contributed by atoms with Gasteiger partial charge < -0.3 is 20.3 Å². The average Bonchev–Trinajstić information content (AvgIpc) is 2.76. The minimum Gasteiger partial charge on any atom is -0.382 e. The Labute approximate surface area is 180 Å². The molecule has 1 aliphatic heterocycles. The fourth-order valence-corrected chi connectivity index (χ4v) is 3.17. The standard InChI is InChI=1S/C22H28F3N3O3/c1-2-31-15-5-12-26-20(29)18-9-13-28(14-10-18)21(30)27-11-4-7-17-6-3-8-19(16-17)22(23,24)25/h3,6,8,16,18H,2,5,9-15H2,1H3,(H,26,29)(H,27,30). The number of hydrogen-bond donors (Lipinski definition) is 2. The van der Waals surface area contributed by atoms with Gasteiger partial charge in [-0.15, -0.1) is 0 Å². The predicted molar refractivity (Wildman–Crippen MR) is 110 cm³/mol. The van der Waals surface area contributed by atoms with E-state index < -0.39 is 11.7 Å². The number of nitrogens with zero attached hydrogens (tertiary/aromatic N) is 1. The number of halogens is 3. The number of urea groups is 1. The van der Waals surface area contributed by atoms with Gasteiger partial charge in [0, 0.05) is 44.3 Å². The lowest BCUT2D eigenvalue weighted by molar-refractivity contribution is -0.137. The van der Waals surface area contributed by atoms with E-state index in [4.69, 9.17) is 4.74 Å². The maximum absolute atomic E-state index is 12.7. The lowest BCUT2D eigenvalue weighted by Gasteiger charge is -2.31. The van der Waals surface area contributed by atoms with E-state index in [1.165, 1.54) is 12.1 Å². The van der Waals surface area contributed by atoms with Gasteiger partial charge in [-0.3, -0.25) is 4.79 Å². The molecule has 2 N–H and O–H groups in total. The highest BCUT2D eigenvalue weighted by molar-refractivity contribution is 5.79. The van der Waals surface area contributed by atoms with E-state index in [9.17, 15) is 22.8 Å². The van der Waals surface area contributed by atoms with Crippen LogP contribution in [0.2, 0.25) is 0 Å². The molecule has 31 heavy (non-hydrogen) atoms. The van der Waals surface area contributed by atoms with E-state index >= 15 is 0 Å². The van der Waals surface area contributed by atoms with E-state index in [1.807, 2.05) is 6.92 Å². The third-order valence-electron chi connectivity index (χ3n) is 4.87. The summed E-state index contributed by atoms with van der Waals surface area (Å²) in [6, 6.07) is 4.44. The zero-order chi connectivity index (χ0) is 22.7. The molecule has 0 radical (unpaired) electrons. The van der Waals surface area contributed by atoms with Crippen LogP contribution < -0.4 is 10.6 Å². The molecule has 1 aromatic rings. The molecule has 2 rings (SSSR count). The smallest absolute Gasteiger partial charge is 0.382 e. The molecular weight excluding hydrogens is 411 g/mol. The normalized spacial score (nSPS) is 14.5. The Morgan fingerprint density at radius 3 is 2.65 bits per heavy atom. The van der Waals surface area contributed by atoms with Gasteiger partial charge in [0.2, 0.25) is 5.91 Å². The number of piperidine rings is 1. The van der Waals surface area contributed by atoms with Gasteiger partial charge in [0.15, 0.2) is 0 Å². The second-order valence-electron chi connectivity index (χ2n) is 7.14. The molecule has 1 heterocycles. The number of alkyl halides is 3. The van der Waals surface area contributed by atoms with Crippen molar-refractivity contribution >= 4 is 11.9 Å². The van der Waals surface area contributed by atoms with Crippen LogP contribution in [-0.2, 0) is 15.7 Å². The van der Waals surface area contributed by atoms with Gasteiger partial charge in [0.05, 0.1) is 12.1 Å². The van der Waals surface area contributed by atoms with E-state index in [0.717, 1.165) is 18.6 Å². The molecule has 3 amide bonds. The van der Waals surface area contributed by atoms with Gasteiger partial charge in [-0.05, 0) is 44.4 Å². The van der Waals surface area contributed by atoms with Crippen LogP contribution in [0.4, 0.5) is 18.0 Å². The summed E-state index contributed by atoms with van der Waals surface area (Å²) >= 11 is 0. The van der Waals surface area contributed by atoms with Crippen molar-refractivity contribution in [1.82, 2.24) is 15.5 Å². The van der Waals surface area contributed by atoms with Gasteiger partial charge >= 0.3 is 12.2 Å². The minimum absolute atomic E-state index is 0.00325. The monoisotopic (exact) mass is 439 g/mol. The summed E-state index contributed by atoms with van der Waals surface area (Å²) in [5, 5.41) is 5.54. The molecule has 1 saturated heterocycles. The fourth-order valence-electron chi connectivity index (χ4n) is 3.17. The summed E-state index contributed by atoms with van der Waals surface area (Å²) in [7, 11) is 0. The van der Waals surface area contributed by atoms with Crippen molar-refractivity contribution in [2.24, 2.45) is 5.92 Å². The summed E-state index contributed by atoms with van der Waals surface area (Å²) in [6.07, 6.45) is -2.48. The van der Waals surface area contributed by atoms with Crippen molar-refractivity contribution in [3.05, 3.63) is 35.4 Å². The number of hydrogen-bond acceptors (Lipinski definition) is 3. The Kier molecular flexibility index (Phi) is 9.66. The number of likely N-dealkylation sites (tertiary alicyclic amines) is 1. The lowest BCUT2D eigenvalue weighted by Crippen LogP contribution is -2.47. The first-order valence-electron chi connectivity index (χ1n) is 10.4. The fraction of sp³-hybridized carbons (Fsp3) is 0.545. The Morgan fingerprint density at radius 2 is 1.97 bits per heavy atom. The van der Waals surface area contributed by atoms with Crippen LogP contribution in [0.1, 0.15) is 37.3 Å². The third-order valence-corrected chi connectivity index (χ3v) is 4.87. The first-order valence-corrected chi connectivity index (χ1v) is 10.4. The first kappa shape index (κ1) is 24.5. The maximum atomic E-state index is 12.7. The van der Waals surface area contributed by atoms with Crippen LogP contribution in [-0.4, -0.2) is 56.2 Å². The van der Waals surface area contributed by atoms with Crippen LogP contribution in [0.25, 0.3) is 0 Å². The van der Waals surface area contributed by atoms with Gasteiger partial charge in [-0.2, -0.15) is 13.2 Å². The summed E-state index contributed by atoms with van der Waals surface area (Å²) in [5.41, 5.74) is -0.526. The number of rotatable bonds is 7. The molecule has 0 aromatic heterocycles. The van der Waals surface area contributed by atoms with Crippen molar-refractivity contribution in [3.63, 3.8) is 0 Å². The summed E-state index contributed by atoms with van der Waals surface area (Å²) in [4.78, 5) is 26.0. The number of ether oxygens (including phenoxy) is 1. The van der Waals surface area contributed by atoms with Crippen LogP contribution in [0.3, 0.4) is 0 Å². The number of benzene rings is 1. The minimum atomic E-state index is -4.42. The van der Waals surface area contributed by atoms with Crippen molar-refractivity contribution in [3.8, 4) is 11.8 Å². The maximum Gasteiger partial charge on any atom is 0.416 e. The predicted octanol–water partition coefficient (Wildman–Crippen LogP) is 3.02. The second kappa shape index (κ2) is 12.2. The highest BCUT2D eigenvalue weighted by atomic mass is 19.4. The van der Waals surface area contributed by atoms with Gasteiger partial charge in [-0.1, -0.05) is 17.9 Å². The summed E-state index contributed by atoms with van der Waals surface area (Å²) in [6.45, 7) is 4.72. The van der Waals surface area contributed by atoms with E-state index in [1.54, 1.807) is 4.90 Å². The summed E-state index contributed by atoms with van der Waals surface area (Å²) in [5.74, 6) is 5.18. The zero-order valence-electron chi connectivity index (χ0n) is 17.6. The molecule has 0 bridgehead atoms. The van der Waals surface area contributed by atoms with E-state index in [2.05, 4.69) is 22.5 Å². The Bertz CT molecular complexity index is 794. The molecule has 6 nitrogen and oxygen atoms in total. The molecule has 9 heteroatoms. The molecule has 1 aliphatic rings.